The maximum Gasteiger partial charge on any atom is 0.261 e. The fraction of sp³-hybridized carbons (Fsp3) is 0.241. The molecule has 6 rings (SSSR count). The van der Waals surface area contributed by atoms with Crippen molar-refractivity contribution in [2.45, 2.75) is 33.1 Å². The Hall–Kier alpha value is -4.06. The summed E-state index contributed by atoms with van der Waals surface area (Å²) >= 11 is 0. The Bertz CT molecular complexity index is 1580. The predicted octanol–water partition coefficient (Wildman–Crippen LogP) is 5.13. The third-order valence-corrected chi connectivity index (χ3v) is 7.54. The van der Waals surface area contributed by atoms with Crippen molar-refractivity contribution in [1.29, 1.82) is 0 Å². The van der Waals surface area contributed by atoms with Crippen molar-refractivity contribution in [2.24, 2.45) is 4.99 Å². The van der Waals surface area contributed by atoms with Gasteiger partial charge in [0.25, 0.3) is 11.8 Å². The van der Waals surface area contributed by atoms with Crippen LogP contribution in [0.2, 0.25) is 0 Å². The van der Waals surface area contributed by atoms with Gasteiger partial charge in [-0.15, -0.1) is 0 Å². The highest BCUT2D eigenvalue weighted by atomic mass is 16.2. The van der Waals surface area contributed by atoms with Crippen LogP contribution in [0.25, 0.3) is 22.3 Å². The van der Waals surface area contributed by atoms with Gasteiger partial charge in [-0.2, -0.15) is 0 Å². The van der Waals surface area contributed by atoms with Gasteiger partial charge >= 0.3 is 0 Å². The molecule has 0 radical (unpaired) electrons. The third kappa shape index (κ3) is 2.83. The summed E-state index contributed by atoms with van der Waals surface area (Å²) in [6.07, 6.45) is 4.56. The van der Waals surface area contributed by atoms with Crippen LogP contribution >= 0.6 is 0 Å². The molecule has 0 spiro atoms. The van der Waals surface area contributed by atoms with Crippen molar-refractivity contribution in [3.63, 3.8) is 0 Å². The normalized spacial score (nSPS) is 19.4. The van der Waals surface area contributed by atoms with Gasteiger partial charge in [-0.1, -0.05) is 37.3 Å². The minimum absolute atomic E-state index is 0.186. The molecular weight excluding hydrogens is 436 g/mol. The Morgan fingerprint density at radius 2 is 1.49 bits per heavy atom. The number of fused-ring (bicyclic) bond motifs is 3. The number of likely N-dealkylation sites (N-methyl/N-ethyl adjacent to an activating group) is 2. The largest absolute Gasteiger partial charge is 0.310 e. The number of hydrogen-bond acceptors (Lipinski definition) is 4. The van der Waals surface area contributed by atoms with E-state index in [0.717, 1.165) is 39.7 Å². The maximum absolute atomic E-state index is 13.7. The minimum Gasteiger partial charge on any atom is -0.310 e. The number of benzene rings is 2. The lowest BCUT2D eigenvalue weighted by Gasteiger charge is -2.25. The van der Waals surface area contributed by atoms with Gasteiger partial charge in [0.15, 0.2) is 0 Å². The number of aromatic nitrogens is 1. The number of nitrogens with zero attached hydrogens (tertiary/aromatic N) is 4. The molecule has 1 aromatic heterocycles. The molecule has 2 amide bonds. The average molecular weight is 463 g/mol. The molecule has 1 atom stereocenters. The van der Waals surface area contributed by atoms with E-state index in [0.29, 0.717) is 28.5 Å². The Morgan fingerprint density at radius 1 is 0.857 bits per heavy atom. The van der Waals surface area contributed by atoms with Crippen molar-refractivity contribution in [2.75, 3.05) is 14.1 Å². The van der Waals surface area contributed by atoms with Crippen LogP contribution in [0.15, 0.2) is 58.7 Å². The van der Waals surface area contributed by atoms with Gasteiger partial charge in [0, 0.05) is 43.0 Å². The van der Waals surface area contributed by atoms with E-state index in [1.165, 1.54) is 11.1 Å². The molecule has 3 aromatic rings. The summed E-state index contributed by atoms with van der Waals surface area (Å²) in [7, 11) is 3.48. The SMILES string of the molecule is Cc1ccc(C2=C3C(=O)N(C)C(c4ccc(C)c5cccnc45)=C3C(=O)N2C)c2c1C(C)CC=N2. The van der Waals surface area contributed by atoms with Crippen molar-refractivity contribution in [1.82, 2.24) is 14.8 Å². The first-order valence-corrected chi connectivity index (χ1v) is 11.9. The third-order valence-electron chi connectivity index (χ3n) is 7.54. The molecule has 6 heteroatoms. The second-order valence-corrected chi connectivity index (χ2v) is 9.65. The van der Waals surface area contributed by atoms with E-state index in [-0.39, 0.29) is 11.8 Å². The summed E-state index contributed by atoms with van der Waals surface area (Å²) in [5, 5.41) is 1.01. The standard InChI is InChI=1S/C29H26N4O2/c1-15-8-10-19(24-18(15)7-6-13-30-24)26-22-23(29(35)32(26)4)27(33(5)28(22)34)20-11-9-16(2)21-17(3)12-14-31-25(20)21/h6-11,13-14,17H,12H2,1-5H3. The molecule has 35 heavy (non-hydrogen) atoms. The van der Waals surface area contributed by atoms with Crippen LogP contribution in [-0.4, -0.2) is 46.9 Å². The van der Waals surface area contributed by atoms with Crippen molar-refractivity contribution in [3.8, 4) is 0 Å². The average Bonchev–Trinajstić information content (AvgIpc) is 3.25. The lowest BCUT2D eigenvalue weighted by molar-refractivity contribution is -0.123. The van der Waals surface area contributed by atoms with E-state index >= 15 is 0 Å². The number of amides is 2. The van der Waals surface area contributed by atoms with Crippen LogP contribution in [0, 0.1) is 13.8 Å². The lowest BCUT2D eigenvalue weighted by atomic mass is 9.87. The second kappa shape index (κ2) is 7.47. The number of hydrogen-bond donors (Lipinski definition) is 0. The van der Waals surface area contributed by atoms with Gasteiger partial charge in [-0.05, 0) is 48.9 Å². The quantitative estimate of drug-likeness (QED) is 0.530. The van der Waals surface area contributed by atoms with Crippen molar-refractivity contribution in [3.05, 3.63) is 81.6 Å². The number of carbonyl (C=O) groups excluding carboxylic acids is 2. The maximum atomic E-state index is 13.7. The first kappa shape index (κ1) is 21.5. The van der Waals surface area contributed by atoms with Gasteiger partial charge < -0.3 is 9.80 Å². The summed E-state index contributed by atoms with van der Waals surface area (Å²) in [6, 6.07) is 12.0. The summed E-state index contributed by atoms with van der Waals surface area (Å²) in [6.45, 7) is 6.32. The molecule has 3 aliphatic rings. The Morgan fingerprint density at radius 3 is 2.20 bits per heavy atom. The van der Waals surface area contributed by atoms with Crippen molar-refractivity contribution >= 4 is 46.0 Å². The first-order valence-electron chi connectivity index (χ1n) is 11.9. The molecule has 4 heterocycles. The highest BCUT2D eigenvalue weighted by Gasteiger charge is 2.47. The van der Waals surface area contributed by atoms with Crippen LogP contribution in [0.5, 0.6) is 0 Å². The van der Waals surface area contributed by atoms with E-state index in [1.54, 1.807) is 30.1 Å². The molecule has 174 valence electrons. The number of pyridine rings is 1. The summed E-state index contributed by atoms with van der Waals surface area (Å²) in [5.74, 6) is -0.0444. The Balaban J connectivity index is 1.67. The number of aryl methyl sites for hydroxylation is 2. The molecule has 1 unspecified atom stereocenters. The van der Waals surface area contributed by atoms with Crippen LogP contribution in [0.3, 0.4) is 0 Å². The van der Waals surface area contributed by atoms with Gasteiger partial charge in [0.2, 0.25) is 0 Å². The van der Waals surface area contributed by atoms with Crippen LogP contribution < -0.4 is 0 Å². The Labute approximate surface area is 204 Å². The van der Waals surface area contributed by atoms with Crippen LogP contribution in [0.4, 0.5) is 5.69 Å². The van der Waals surface area contributed by atoms with E-state index in [4.69, 9.17) is 4.99 Å². The van der Waals surface area contributed by atoms with Gasteiger partial charge in [0.05, 0.1) is 33.7 Å². The molecule has 6 nitrogen and oxygen atoms in total. The topological polar surface area (TPSA) is 65.9 Å². The summed E-state index contributed by atoms with van der Waals surface area (Å²) in [4.78, 5) is 40.1. The zero-order valence-electron chi connectivity index (χ0n) is 20.5. The van der Waals surface area contributed by atoms with Crippen LogP contribution in [-0.2, 0) is 9.59 Å². The molecular formula is C29H26N4O2. The van der Waals surface area contributed by atoms with E-state index in [2.05, 4.69) is 24.9 Å². The molecule has 0 N–H and O–H groups in total. The number of rotatable bonds is 2. The summed E-state index contributed by atoms with van der Waals surface area (Å²) < 4.78 is 0. The fourth-order valence-electron chi connectivity index (χ4n) is 5.75. The molecule has 0 saturated heterocycles. The Kier molecular flexibility index (Phi) is 4.58. The second-order valence-electron chi connectivity index (χ2n) is 9.65. The van der Waals surface area contributed by atoms with Gasteiger partial charge in [0.1, 0.15) is 0 Å². The van der Waals surface area contributed by atoms with E-state index in [9.17, 15) is 9.59 Å². The lowest BCUT2D eigenvalue weighted by Crippen LogP contribution is -2.25. The zero-order chi connectivity index (χ0) is 24.6. The zero-order valence-corrected chi connectivity index (χ0v) is 20.5. The monoisotopic (exact) mass is 462 g/mol. The first-order chi connectivity index (χ1) is 16.8. The molecule has 0 fully saturated rings. The molecule has 0 saturated carbocycles. The van der Waals surface area contributed by atoms with Gasteiger partial charge in [-0.25, -0.2) is 0 Å². The van der Waals surface area contributed by atoms with E-state index < -0.39 is 0 Å². The molecule has 3 aliphatic heterocycles. The van der Waals surface area contributed by atoms with Crippen LogP contribution in [0.1, 0.15) is 47.1 Å². The minimum atomic E-state index is -0.186. The molecule has 0 bridgehead atoms. The highest BCUT2D eigenvalue weighted by Crippen LogP contribution is 2.49. The molecule has 2 aromatic carbocycles. The van der Waals surface area contributed by atoms with E-state index in [1.807, 2.05) is 43.5 Å². The summed E-state index contributed by atoms with van der Waals surface area (Å²) in [5.41, 5.74) is 8.83. The number of carbonyl (C=O) groups is 2. The predicted molar refractivity (Wildman–Crippen MR) is 138 cm³/mol. The smallest absolute Gasteiger partial charge is 0.261 e. The fourth-order valence-corrected chi connectivity index (χ4v) is 5.75. The number of aliphatic imine (C=N–C) groups is 1. The van der Waals surface area contributed by atoms with Gasteiger partial charge in [-0.3, -0.25) is 19.6 Å². The van der Waals surface area contributed by atoms with Crippen molar-refractivity contribution < 1.29 is 9.59 Å². The highest BCUT2D eigenvalue weighted by molar-refractivity contribution is 6.31. The molecule has 0 aliphatic carbocycles.